The highest BCUT2D eigenvalue weighted by Crippen LogP contribution is 2.25. The van der Waals surface area contributed by atoms with Crippen LogP contribution in [0.5, 0.6) is 5.75 Å². The second kappa shape index (κ2) is 9.38. The third-order valence-electron chi connectivity index (χ3n) is 3.51. The summed E-state index contributed by atoms with van der Waals surface area (Å²) in [4.78, 5) is 23.8. The smallest absolute Gasteiger partial charge is 0.410 e. The molecule has 0 unspecified atom stereocenters. The van der Waals surface area contributed by atoms with Gasteiger partial charge >= 0.3 is 6.09 Å². The van der Waals surface area contributed by atoms with E-state index in [0.29, 0.717) is 17.8 Å². The molecule has 1 heterocycles. The van der Waals surface area contributed by atoms with Gasteiger partial charge in [0.15, 0.2) is 5.58 Å². The van der Waals surface area contributed by atoms with Gasteiger partial charge in [-0.25, -0.2) is 4.79 Å². The maximum atomic E-state index is 11.6. The Morgan fingerprint density at radius 3 is 2.37 bits per heavy atom. The summed E-state index contributed by atoms with van der Waals surface area (Å²) in [6.45, 7) is 0. The van der Waals surface area contributed by atoms with E-state index in [-0.39, 0.29) is 0 Å². The summed E-state index contributed by atoms with van der Waals surface area (Å²) in [5, 5.41) is 5.04. The maximum Gasteiger partial charge on any atom is 0.414 e. The first-order valence-corrected chi connectivity index (χ1v) is 8.33. The molecule has 0 N–H and O–H groups in total. The first-order chi connectivity index (χ1) is 12.9. The largest absolute Gasteiger partial charge is 0.414 e. The quantitative estimate of drug-likeness (QED) is 0.660. The lowest BCUT2D eigenvalue weighted by Crippen LogP contribution is -2.25. The summed E-state index contributed by atoms with van der Waals surface area (Å²) >= 11 is 0. The van der Waals surface area contributed by atoms with Gasteiger partial charge in [-0.15, -0.1) is 0 Å². The third kappa shape index (κ3) is 5.85. The van der Waals surface area contributed by atoms with Gasteiger partial charge in [0.05, 0.1) is 5.69 Å². The van der Waals surface area contributed by atoms with Gasteiger partial charge in [-0.1, -0.05) is 35.5 Å². The van der Waals surface area contributed by atoms with E-state index < -0.39 is 6.09 Å². The van der Waals surface area contributed by atoms with E-state index in [1.165, 1.54) is 15.4 Å². The molecule has 0 spiro atoms. The molecule has 0 atom stereocenters. The Balaban J connectivity index is 0.000000465. The van der Waals surface area contributed by atoms with Crippen LogP contribution in [0.15, 0.2) is 53.1 Å². The molecule has 142 valence electrons. The Labute approximate surface area is 158 Å². The molecule has 0 aliphatic heterocycles. The minimum Gasteiger partial charge on any atom is -0.410 e. The number of aromatic nitrogens is 1. The third-order valence-corrected chi connectivity index (χ3v) is 3.51. The van der Waals surface area contributed by atoms with Crippen molar-refractivity contribution in [2.45, 2.75) is 6.42 Å². The predicted molar refractivity (Wildman–Crippen MR) is 103 cm³/mol. The number of amides is 2. The van der Waals surface area contributed by atoms with E-state index in [1.807, 2.05) is 36.4 Å². The molecule has 0 saturated heterocycles. The van der Waals surface area contributed by atoms with Gasteiger partial charge in [0, 0.05) is 46.1 Å². The van der Waals surface area contributed by atoms with E-state index in [0.717, 1.165) is 17.5 Å². The number of benzene rings is 2. The molecule has 2 aromatic carbocycles. The fourth-order valence-electron chi connectivity index (χ4n) is 2.14. The van der Waals surface area contributed by atoms with Gasteiger partial charge < -0.3 is 19.1 Å². The van der Waals surface area contributed by atoms with Crippen LogP contribution >= 0.6 is 0 Å². The number of carbonyl (C=O) groups is 2. The number of rotatable bonds is 4. The molecule has 0 fully saturated rings. The minimum absolute atomic E-state index is 0.427. The Morgan fingerprint density at radius 2 is 1.78 bits per heavy atom. The first-order valence-electron chi connectivity index (χ1n) is 8.33. The summed E-state index contributed by atoms with van der Waals surface area (Å²) in [6, 6.07) is 15.4. The standard InChI is InChI=1S/C17H16N2O3.C3H7NO/c1-19(2)17(20)21-13-8-9-14-15(18-22-16(14)11-13)10-12-6-4-3-5-7-12;1-4(2)3-5/h3-9,11H,10H2,1-2H3;3H,1-2H3. The van der Waals surface area contributed by atoms with Crippen LogP contribution in [-0.2, 0) is 11.2 Å². The van der Waals surface area contributed by atoms with Crippen LogP contribution in [0, 0.1) is 0 Å². The fourth-order valence-corrected chi connectivity index (χ4v) is 2.14. The molecule has 7 heteroatoms. The van der Waals surface area contributed by atoms with Gasteiger partial charge in [0.1, 0.15) is 5.75 Å². The maximum absolute atomic E-state index is 11.6. The van der Waals surface area contributed by atoms with Crippen LogP contribution < -0.4 is 4.74 Å². The Hall–Kier alpha value is -3.35. The van der Waals surface area contributed by atoms with Crippen LogP contribution in [0.3, 0.4) is 0 Å². The lowest BCUT2D eigenvalue weighted by atomic mass is 10.1. The topological polar surface area (TPSA) is 75.9 Å². The molecular weight excluding hydrogens is 346 g/mol. The summed E-state index contributed by atoms with van der Waals surface area (Å²) < 4.78 is 10.6. The fraction of sp³-hybridized carbons (Fsp3) is 0.250. The van der Waals surface area contributed by atoms with Crippen molar-refractivity contribution in [1.82, 2.24) is 15.0 Å². The highest BCUT2D eigenvalue weighted by molar-refractivity contribution is 5.82. The molecule has 3 aromatic rings. The summed E-state index contributed by atoms with van der Waals surface area (Å²) in [7, 11) is 6.64. The Kier molecular flexibility index (Phi) is 6.93. The van der Waals surface area contributed by atoms with Gasteiger partial charge in [-0.05, 0) is 17.7 Å². The average Bonchev–Trinajstić information content (AvgIpc) is 3.05. The summed E-state index contributed by atoms with van der Waals surface area (Å²) in [5.74, 6) is 0.439. The van der Waals surface area contributed by atoms with Crippen LogP contribution in [-0.4, -0.2) is 55.7 Å². The van der Waals surface area contributed by atoms with E-state index in [4.69, 9.17) is 9.26 Å². The molecule has 1 aromatic heterocycles. The van der Waals surface area contributed by atoms with Crippen molar-refractivity contribution >= 4 is 23.5 Å². The average molecular weight is 369 g/mol. The zero-order valence-corrected chi connectivity index (χ0v) is 15.9. The van der Waals surface area contributed by atoms with E-state index in [1.54, 1.807) is 40.3 Å². The second-order valence-electron chi connectivity index (χ2n) is 6.28. The zero-order chi connectivity index (χ0) is 19.8. The van der Waals surface area contributed by atoms with Crippen LogP contribution in [0.25, 0.3) is 11.0 Å². The molecule has 0 radical (unpaired) electrons. The predicted octanol–water partition coefficient (Wildman–Crippen LogP) is 3.18. The molecule has 0 bridgehead atoms. The first kappa shape index (κ1) is 20.0. The van der Waals surface area contributed by atoms with Crippen molar-refractivity contribution in [1.29, 1.82) is 0 Å². The zero-order valence-electron chi connectivity index (χ0n) is 15.9. The summed E-state index contributed by atoms with van der Waals surface area (Å²) in [5.41, 5.74) is 2.64. The Morgan fingerprint density at radius 1 is 1.11 bits per heavy atom. The van der Waals surface area contributed by atoms with Gasteiger partial charge in [0.2, 0.25) is 6.41 Å². The van der Waals surface area contributed by atoms with Crippen molar-refractivity contribution in [2.75, 3.05) is 28.2 Å². The van der Waals surface area contributed by atoms with E-state index >= 15 is 0 Å². The number of carbonyl (C=O) groups excluding carboxylic acids is 2. The summed E-state index contributed by atoms with van der Waals surface area (Å²) in [6.07, 6.45) is 1.02. The monoisotopic (exact) mass is 369 g/mol. The minimum atomic E-state index is -0.427. The van der Waals surface area contributed by atoms with Crippen molar-refractivity contribution in [3.8, 4) is 5.75 Å². The molecule has 27 heavy (non-hydrogen) atoms. The Bertz CT molecular complexity index is 889. The van der Waals surface area contributed by atoms with Crippen molar-refractivity contribution in [3.63, 3.8) is 0 Å². The number of nitrogens with zero attached hydrogens (tertiary/aromatic N) is 3. The van der Waals surface area contributed by atoms with Crippen LogP contribution in [0.2, 0.25) is 0 Å². The van der Waals surface area contributed by atoms with Crippen molar-refractivity contribution in [3.05, 3.63) is 59.8 Å². The molecule has 3 rings (SSSR count). The SMILES string of the molecule is CN(C)C(=O)Oc1ccc2c(Cc3ccccc3)noc2c1.CN(C)C=O. The molecule has 0 aliphatic carbocycles. The number of hydrogen-bond acceptors (Lipinski definition) is 5. The van der Waals surface area contributed by atoms with E-state index in [2.05, 4.69) is 5.16 Å². The molecule has 0 saturated carbocycles. The van der Waals surface area contributed by atoms with Crippen LogP contribution in [0.1, 0.15) is 11.3 Å². The molecule has 2 amide bonds. The van der Waals surface area contributed by atoms with E-state index in [9.17, 15) is 9.59 Å². The number of ether oxygens (including phenoxy) is 1. The molecular formula is C20H23N3O4. The van der Waals surface area contributed by atoms with Crippen molar-refractivity contribution < 1.29 is 18.8 Å². The lowest BCUT2D eigenvalue weighted by molar-refractivity contribution is -0.115. The normalized spacial score (nSPS) is 9.93. The van der Waals surface area contributed by atoms with Crippen molar-refractivity contribution in [2.24, 2.45) is 0 Å². The highest BCUT2D eigenvalue weighted by atomic mass is 16.6. The van der Waals surface area contributed by atoms with Gasteiger partial charge in [-0.2, -0.15) is 0 Å². The number of hydrogen-bond donors (Lipinski definition) is 0. The van der Waals surface area contributed by atoms with Gasteiger partial charge in [0.25, 0.3) is 0 Å². The van der Waals surface area contributed by atoms with Crippen LogP contribution in [0.4, 0.5) is 4.79 Å². The highest BCUT2D eigenvalue weighted by Gasteiger charge is 2.12. The molecule has 7 nitrogen and oxygen atoms in total. The lowest BCUT2D eigenvalue weighted by Gasteiger charge is -2.10. The van der Waals surface area contributed by atoms with Gasteiger partial charge in [-0.3, -0.25) is 4.79 Å². The molecule has 0 aliphatic rings. The second-order valence-corrected chi connectivity index (χ2v) is 6.28. The number of fused-ring (bicyclic) bond motifs is 1.